The Morgan fingerprint density at radius 3 is 2.16 bits per heavy atom. The van der Waals surface area contributed by atoms with E-state index in [2.05, 4.69) is 4.98 Å². The number of esters is 1. The molecule has 44 heavy (non-hydrogen) atoms. The van der Waals surface area contributed by atoms with Crippen LogP contribution in [0.25, 0.3) is 10.9 Å². The van der Waals surface area contributed by atoms with Gasteiger partial charge in [0.05, 0.1) is 40.4 Å². The molecule has 0 spiro atoms. The van der Waals surface area contributed by atoms with E-state index in [1.165, 1.54) is 21.9 Å². The molecule has 0 radical (unpaired) electrons. The molecule has 1 saturated heterocycles. The summed E-state index contributed by atoms with van der Waals surface area (Å²) < 4.78 is 16.7. The van der Waals surface area contributed by atoms with Crippen LogP contribution in [0.5, 0.6) is 5.75 Å². The van der Waals surface area contributed by atoms with Crippen molar-refractivity contribution in [1.29, 1.82) is 0 Å². The maximum absolute atomic E-state index is 14.0. The molecule has 3 amide bonds. The molecule has 2 aromatic rings. The van der Waals surface area contributed by atoms with Crippen molar-refractivity contribution in [2.75, 3.05) is 39.4 Å². The number of carbonyl (C=O) groups is 5. The number of primary amides is 1. The average Bonchev–Trinajstić information content (AvgIpc) is 2.95. The minimum Gasteiger partial charge on any atom is -0.481 e. The van der Waals surface area contributed by atoms with E-state index in [0.29, 0.717) is 19.3 Å². The second-order valence-electron chi connectivity index (χ2n) is 10.5. The highest BCUT2D eigenvalue weighted by Crippen LogP contribution is 2.45. The molecular formula is C29H34Cl2N4O9. The standard InChI is InChI=1S/C29H34Cl2N4O9/c1-3-42-27(40)29(8-5-9-29)44-24-17-14-18(30)19(31)15-20(17)33-23(22(24)25(32)38)16(6-7-21(36)37)26(39)34-10-12-35(13-11-34)28(41)43-4-2/h14-16H,3-13H2,1-2H3,(H2,32,38)(H,36,37). The number of nitrogens with zero attached hydrogens (tertiary/aromatic N) is 3. The van der Waals surface area contributed by atoms with Crippen LogP contribution < -0.4 is 10.5 Å². The van der Waals surface area contributed by atoms with Crippen molar-refractivity contribution in [2.24, 2.45) is 5.73 Å². The number of carboxylic acids is 1. The lowest BCUT2D eigenvalue weighted by molar-refractivity contribution is -0.169. The van der Waals surface area contributed by atoms with E-state index in [-0.39, 0.29) is 83.8 Å². The summed E-state index contributed by atoms with van der Waals surface area (Å²) in [5, 5.41) is 9.99. The number of carboxylic acid groups (broad SMARTS) is 1. The molecule has 2 fully saturated rings. The normalized spacial score (nSPS) is 16.5. The SMILES string of the molecule is CCOC(=O)N1CCN(C(=O)C(CCC(=O)O)c2nc3cc(Cl)c(Cl)cc3c(OC3(C(=O)OCC)CCC3)c2C(N)=O)CC1. The van der Waals surface area contributed by atoms with Gasteiger partial charge in [0.1, 0.15) is 11.3 Å². The van der Waals surface area contributed by atoms with E-state index >= 15 is 0 Å². The minimum atomic E-state index is -1.41. The topological polar surface area (TPSA) is 179 Å². The first-order valence-electron chi connectivity index (χ1n) is 14.3. The van der Waals surface area contributed by atoms with Gasteiger partial charge < -0.3 is 34.9 Å². The molecule has 4 rings (SSSR count). The van der Waals surface area contributed by atoms with Crippen molar-refractivity contribution >= 4 is 64.0 Å². The van der Waals surface area contributed by atoms with Crippen molar-refractivity contribution in [3.63, 3.8) is 0 Å². The quantitative estimate of drug-likeness (QED) is 0.339. The zero-order chi connectivity index (χ0) is 32.2. The molecule has 1 aromatic heterocycles. The predicted octanol–water partition coefficient (Wildman–Crippen LogP) is 3.75. The van der Waals surface area contributed by atoms with E-state index in [4.69, 9.17) is 43.1 Å². The highest BCUT2D eigenvalue weighted by atomic mass is 35.5. The number of piperazine rings is 1. The Bertz CT molecular complexity index is 1470. The molecule has 1 aromatic carbocycles. The van der Waals surface area contributed by atoms with Gasteiger partial charge in [-0.15, -0.1) is 0 Å². The van der Waals surface area contributed by atoms with E-state index in [1.54, 1.807) is 13.8 Å². The summed E-state index contributed by atoms with van der Waals surface area (Å²) in [5.74, 6) is -4.68. The van der Waals surface area contributed by atoms with Crippen molar-refractivity contribution in [3.8, 4) is 5.75 Å². The summed E-state index contributed by atoms with van der Waals surface area (Å²) in [7, 11) is 0. The van der Waals surface area contributed by atoms with Gasteiger partial charge in [-0.05, 0) is 51.7 Å². The summed E-state index contributed by atoms with van der Waals surface area (Å²) in [6.07, 6.45) is 0.104. The number of rotatable bonds is 11. The second kappa shape index (κ2) is 13.9. The van der Waals surface area contributed by atoms with Gasteiger partial charge in [-0.2, -0.15) is 0 Å². The minimum absolute atomic E-state index is 0.103. The van der Waals surface area contributed by atoms with E-state index in [0.717, 1.165) is 0 Å². The Labute approximate surface area is 263 Å². The number of aliphatic carboxylic acids is 1. The third-order valence-electron chi connectivity index (χ3n) is 7.75. The Hall–Kier alpha value is -3.84. The van der Waals surface area contributed by atoms with Gasteiger partial charge in [-0.3, -0.25) is 19.4 Å². The van der Waals surface area contributed by atoms with Crippen LogP contribution in [-0.2, 0) is 23.9 Å². The van der Waals surface area contributed by atoms with E-state index in [9.17, 15) is 29.1 Å². The van der Waals surface area contributed by atoms with Crippen LogP contribution >= 0.6 is 23.2 Å². The van der Waals surface area contributed by atoms with Gasteiger partial charge in [-0.1, -0.05) is 23.2 Å². The molecule has 13 nitrogen and oxygen atoms in total. The lowest BCUT2D eigenvalue weighted by Gasteiger charge is -2.40. The Balaban J connectivity index is 1.85. The van der Waals surface area contributed by atoms with Gasteiger partial charge in [0, 0.05) is 38.0 Å². The first-order valence-corrected chi connectivity index (χ1v) is 15.1. The molecule has 1 aliphatic carbocycles. The highest BCUT2D eigenvalue weighted by Gasteiger charge is 2.49. The molecule has 1 atom stereocenters. The summed E-state index contributed by atoms with van der Waals surface area (Å²) >= 11 is 12.6. The third kappa shape index (κ3) is 6.78. The van der Waals surface area contributed by atoms with Crippen LogP contribution in [0.15, 0.2) is 12.1 Å². The molecule has 1 unspecified atom stereocenters. The van der Waals surface area contributed by atoms with Gasteiger partial charge in [-0.25, -0.2) is 9.59 Å². The fourth-order valence-corrected chi connectivity index (χ4v) is 5.66. The van der Waals surface area contributed by atoms with Crippen molar-refractivity contribution in [2.45, 2.75) is 57.5 Å². The van der Waals surface area contributed by atoms with Crippen LogP contribution in [-0.4, -0.2) is 94.7 Å². The highest BCUT2D eigenvalue weighted by molar-refractivity contribution is 6.42. The van der Waals surface area contributed by atoms with Gasteiger partial charge in [0.15, 0.2) is 0 Å². The van der Waals surface area contributed by atoms with Crippen molar-refractivity contribution in [1.82, 2.24) is 14.8 Å². The Morgan fingerprint density at radius 2 is 1.61 bits per heavy atom. The first-order chi connectivity index (χ1) is 20.9. The number of pyridine rings is 1. The number of hydrogen-bond acceptors (Lipinski definition) is 9. The van der Waals surface area contributed by atoms with Crippen molar-refractivity contribution in [3.05, 3.63) is 33.4 Å². The second-order valence-corrected chi connectivity index (χ2v) is 11.3. The molecular weight excluding hydrogens is 619 g/mol. The summed E-state index contributed by atoms with van der Waals surface area (Å²) in [4.78, 5) is 71.6. The monoisotopic (exact) mass is 652 g/mol. The average molecular weight is 654 g/mol. The van der Waals surface area contributed by atoms with Crippen LogP contribution in [0.3, 0.4) is 0 Å². The number of aromatic nitrogens is 1. The summed E-state index contributed by atoms with van der Waals surface area (Å²) in [6, 6.07) is 2.85. The van der Waals surface area contributed by atoms with Crippen molar-refractivity contribution < 1.29 is 43.3 Å². The number of ether oxygens (including phenoxy) is 3. The van der Waals surface area contributed by atoms with Gasteiger partial charge in [0.2, 0.25) is 11.5 Å². The zero-order valence-corrected chi connectivity index (χ0v) is 25.9. The number of amides is 3. The number of halogens is 2. The lowest BCUT2D eigenvalue weighted by Crippen LogP contribution is -2.52. The molecule has 3 N–H and O–H groups in total. The van der Waals surface area contributed by atoms with E-state index in [1.807, 2.05) is 0 Å². The molecule has 2 heterocycles. The molecule has 2 aliphatic rings. The maximum atomic E-state index is 14.0. The summed E-state index contributed by atoms with van der Waals surface area (Å²) in [5.41, 5.74) is 4.29. The number of fused-ring (bicyclic) bond motifs is 1. The lowest BCUT2D eigenvalue weighted by atomic mass is 9.79. The Kier molecular flexibility index (Phi) is 10.4. The van der Waals surface area contributed by atoms with Crippen LogP contribution in [0, 0.1) is 0 Å². The number of benzene rings is 1. The van der Waals surface area contributed by atoms with Crippen LogP contribution in [0.4, 0.5) is 4.79 Å². The number of nitrogens with two attached hydrogens (primary N) is 1. The maximum Gasteiger partial charge on any atom is 0.409 e. The molecule has 1 saturated carbocycles. The molecule has 1 aliphatic heterocycles. The first kappa shape index (κ1) is 33.1. The molecule has 0 bridgehead atoms. The third-order valence-corrected chi connectivity index (χ3v) is 8.47. The Morgan fingerprint density at radius 1 is 1.00 bits per heavy atom. The smallest absolute Gasteiger partial charge is 0.409 e. The fraction of sp³-hybridized carbons (Fsp3) is 0.517. The largest absolute Gasteiger partial charge is 0.481 e. The summed E-state index contributed by atoms with van der Waals surface area (Å²) in [6.45, 7) is 4.31. The molecule has 15 heteroatoms. The van der Waals surface area contributed by atoms with Crippen LogP contribution in [0.1, 0.15) is 67.9 Å². The zero-order valence-electron chi connectivity index (χ0n) is 24.4. The predicted molar refractivity (Wildman–Crippen MR) is 159 cm³/mol. The van der Waals surface area contributed by atoms with E-state index < -0.39 is 47.8 Å². The number of hydrogen-bond donors (Lipinski definition) is 2. The fourth-order valence-electron chi connectivity index (χ4n) is 5.34. The number of carbonyl (C=O) groups excluding carboxylic acids is 4. The molecule has 238 valence electrons. The van der Waals surface area contributed by atoms with Gasteiger partial charge >= 0.3 is 18.0 Å². The van der Waals surface area contributed by atoms with Gasteiger partial charge in [0.25, 0.3) is 5.91 Å². The van der Waals surface area contributed by atoms with Crippen LogP contribution in [0.2, 0.25) is 10.0 Å².